The minimum Gasteiger partial charge on any atom is -0.492 e. The molecule has 1 amide bonds. The summed E-state index contributed by atoms with van der Waals surface area (Å²) in [7, 11) is 1.72. The van der Waals surface area contributed by atoms with Gasteiger partial charge in [0.2, 0.25) is 0 Å². The van der Waals surface area contributed by atoms with Crippen LogP contribution in [0.4, 0.5) is 0 Å². The average Bonchev–Trinajstić information content (AvgIpc) is 2.48. The zero-order valence-electron chi connectivity index (χ0n) is 11.4. The standard InChI is InChI=1S/C15H14BrClN2O2/c1-19(15(20)11-6-7-18-14(17)10-11)8-9-21-13-4-2-12(16)3-5-13/h2-7,10H,8-9H2,1H3. The molecule has 0 aliphatic rings. The van der Waals surface area contributed by atoms with E-state index >= 15 is 0 Å². The van der Waals surface area contributed by atoms with Crippen molar-refractivity contribution in [1.82, 2.24) is 9.88 Å². The van der Waals surface area contributed by atoms with Crippen LogP contribution in [0.5, 0.6) is 5.75 Å². The number of nitrogens with zero attached hydrogens (tertiary/aromatic N) is 2. The number of rotatable bonds is 5. The van der Waals surface area contributed by atoms with E-state index in [9.17, 15) is 4.79 Å². The maximum absolute atomic E-state index is 12.2. The van der Waals surface area contributed by atoms with Crippen molar-refractivity contribution in [3.8, 4) is 5.75 Å². The van der Waals surface area contributed by atoms with Gasteiger partial charge in [0.05, 0.1) is 6.54 Å². The molecule has 0 aliphatic carbocycles. The normalized spacial score (nSPS) is 10.2. The lowest BCUT2D eigenvalue weighted by Crippen LogP contribution is -2.30. The summed E-state index contributed by atoms with van der Waals surface area (Å²) in [6.07, 6.45) is 1.52. The van der Waals surface area contributed by atoms with E-state index in [2.05, 4.69) is 20.9 Å². The van der Waals surface area contributed by atoms with Crippen LogP contribution in [0, 0.1) is 0 Å². The number of ether oxygens (including phenoxy) is 1. The fraction of sp³-hybridized carbons (Fsp3) is 0.200. The van der Waals surface area contributed by atoms with E-state index in [0.717, 1.165) is 10.2 Å². The minimum atomic E-state index is -0.112. The molecule has 6 heteroatoms. The molecule has 0 saturated carbocycles. The van der Waals surface area contributed by atoms with Gasteiger partial charge in [0.1, 0.15) is 17.5 Å². The van der Waals surface area contributed by atoms with Gasteiger partial charge in [-0.1, -0.05) is 27.5 Å². The maximum Gasteiger partial charge on any atom is 0.253 e. The topological polar surface area (TPSA) is 42.4 Å². The van der Waals surface area contributed by atoms with Crippen molar-refractivity contribution in [2.24, 2.45) is 0 Å². The molecule has 1 aromatic heterocycles. The molecule has 0 spiro atoms. The van der Waals surface area contributed by atoms with Gasteiger partial charge >= 0.3 is 0 Å². The van der Waals surface area contributed by atoms with E-state index in [0.29, 0.717) is 23.9 Å². The molecule has 1 heterocycles. The minimum absolute atomic E-state index is 0.112. The second-order valence-corrected chi connectivity index (χ2v) is 5.70. The number of likely N-dealkylation sites (N-methyl/N-ethyl adjacent to an activating group) is 1. The van der Waals surface area contributed by atoms with Crippen LogP contribution in [0.3, 0.4) is 0 Å². The number of carbonyl (C=O) groups is 1. The third-order valence-corrected chi connectivity index (χ3v) is 3.56. The Morgan fingerprint density at radius 3 is 2.71 bits per heavy atom. The van der Waals surface area contributed by atoms with Crippen molar-refractivity contribution in [3.05, 3.63) is 57.8 Å². The Balaban J connectivity index is 1.85. The number of halogens is 2. The highest BCUT2D eigenvalue weighted by Gasteiger charge is 2.12. The summed E-state index contributed by atoms with van der Waals surface area (Å²) in [6.45, 7) is 0.900. The second kappa shape index (κ2) is 7.43. The lowest BCUT2D eigenvalue weighted by molar-refractivity contribution is 0.0773. The number of aromatic nitrogens is 1. The Morgan fingerprint density at radius 1 is 1.33 bits per heavy atom. The summed E-state index contributed by atoms with van der Waals surface area (Å²) in [6, 6.07) is 10.7. The molecule has 110 valence electrons. The molecular weight excluding hydrogens is 356 g/mol. The highest BCUT2D eigenvalue weighted by atomic mass is 79.9. The van der Waals surface area contributed by atoms with Gasteiger partial charge in [0, 0.05) is 23.3 Å². The second-order valence-electron chi connectivity index (χ2n) is 4.40. The summed E-state index contributed by atoms with van der Waals surface area (Å²) in [4.78, 5) is 17.6. The fourth-order valence-corrected chi connectivity index (χ4v) is 2.13. The van der Waals surface area contributed by atoms with Crippen LogP contribution >= 0.6 is 27.5 Å². The molecule has 0 radical (unpaired) electrons. The van der Waals surface area contributed by atoms with Crippen molar-refractivity contribution in [2.45, 2.75) is 0 Å². The first kappa shape index (κ1) is 15.8. The van der Waals surface area contributed by atoms with Crippen LogP contribution in [-0.2, 0) is 0 Å². The fourth-order valence-electron chi connectivity index (χ4n) is 1.69. The van der Waals surface area contributed by atoms with Gasteiger partial charge in [0.25, 0.3) is 5.91 Å². The number of hydrogen-bond donors (Lipinski definition) is 0. The van der Waals surface area contributed by atoms with Crippen molar-refractivity contribution < 1.29 is 9.53 Å². The van der Waals surface area contributed by atoms with Crippen LogP contribution in [0.2, 0.25) is 5.15 Å². The van der Waals surface area contributed by atoms with Crippen molar-refractivity contribution in [1.29, 1.82) is 0 Å². The van der Waals surface area contributed by atoms with Crippen LogP contribution < -0.4 is 4.74 Å². The summed E-state index contributed by atoms with van der Waals surface area (Å²) in [5.41, 5.74) is 0.515. The number of amides is 1. The van der Waals surface area contributed by atoms with Crippen LogP contribution in [0.25, 0.3) is 0 Å². The largest absolute Gasteiger partial charge is 0.492 e. The van der Waals surface area contributed by atoms with Gasteiger partial charge in [-0.2, -0.15) is 0 Å². The molecule has 0 unspecified atom stereocenters. The van der Waals surface area contributed by atoms with Crippen LogP contribution in [0.1, 0.15) is 10.4 Å². The van der Waals surface area contributed by atoms with E-state index < -0.39 is 0 Å². The molecule has 1 aromatic carbocycles. The summed E-state index contributed by atoms with van der Waals surface area (Å²) < 4.78 is 6.59. The Labute approximate surface area is 136 Å². The Morgan fingerprint density at radius 2 is 2.05 bits per heavy atom. The lowest BCUT2D eigenvalue weighted by Gasteiger charge is -2.17. The highest BCUT2D eigenvalue weighted by molar-refractivity contribution is 9.10. The maximum atomic E-state index is 12.2. The molecule has 4 nitrogen and oxygen atoms in total. The molecular formula is C15H14BrClN2O2. The molecule has 2 rings (SSSR count). The quantitative estimate of drug-likeness (QED) is 0.756. The van der Waals surface area contributed by atoms with Gasteiger partial charge in [0.15, 0.2) is 0 Å². The molecule has 0 N–H and O–H groups in total. The molecule has 0 fully saturated rings. The van der Waals surface area contributed by atoms with E-state index in [4.69, 9.17) is 16.3 Å². The zero-order chi connectivity index (χ0) is 15.2. The Kier molecular flexibility index (Phi) is 5.59. The van der Waals surface area contributed by atoms with E-state index in [1.54, 1.807) is 24.1 Å². The van der Waals surface area contributed by atoms with Gasteiger partial charge < -0.3 is 9.64 Å². The summed E-state index contributed by atoms with van der Waals surface area (Å²) >= 11 is 9.14. The van der Waals surface area contributed by atoms with Crippen molar-refractivity contribution in [2.75, 3.05) is 20.2 Å². The molecule has 21 heavy (non-hydrogen) atoms. The number of carbonyl (C=O) groups excluding carboxylic acids is 1. The summed E-state index contributed by atoms with van der Waals surface area (Å²) in [5, 5.41) is 0.306. The first-order valence-corrected chi connectivity index (χ1v) is 7.49. The lowest BCUT2D eigenvalue weighted by atomic mass is 10.2. The Hall–Kier alpha value is -1.59. The van der Waals surface area contributed by atoms with Crippen molar-refractivity contribution >= 4 is 33.4 Å². The van der Waals surface area contributed by atoms with Crippen LogP contribution in [0.15, 0.2) is 47.1 Å². The first-order chi connectivity index (χ1) is 10.1. The van der Waals surface area contributed by atoms with Crippen molar-refractivity contribution in [3.63, 3.8) is 0 Å². The van der Waals surface area contributed by atoms with Gasteiger partial charge in [-0.3, -0.25) is 4.79 Å². The predicted octanol–water partition coefficient (Wildman–Crippen LogP) is 3.65. The predicted molar refractivity (Wildman–Crippen MR) is 85.8 cm³/mol. The average molecular weight is 370 g/mol. The smallest absolute Gasteiger partial charge is 0.253 e. The first-order valence-electron chi connectivity index (χ1n) is 6.31. The molecule has 0 atom stereocenters. The molecule has 0 aliphatic heterocycles. The van der Waals surface area contributed by atoms with Gasteiger partial charge in [-0.15, -0.1) is 0 Å². The van der Waals surface area contributed by atoms with E-state index in [-0.39, 0.29) is 5.91 Å². The monoisotopic (exact) mass is 368 g/mol. The summed E-state index contributed by atoms with van der Waals surface area (Å²) in [5.74, 6) is 0.657. The zero-order valence-corrected chi connectivity index (χ0v) is 13.8. The number of pyridine rings is 1. The molecule has 0 saturated heterocycles. The molecule has 2 aromatic rings. The molecule has 0 bridgehead atoms. The SMILES string of the molecule is CN(CCOc1ccc(Br)cc1)C(=O)c1ccnc(Cl)c1. The third kappa shape index (κ3) is 4.72. The van der Waals surface area contributed by atoms with Gasteiger partial charge in [-0.25, -0.2) is 4.98 Å². The third-order valence-electron chi connectivity index (χ3n) is 2.83. The van der Waals surface area contributed by atoms with E-state index in [1.807, 2.05) is 24.3 Å². The number of benzene rings is 1. The van der Waals surface area contributed by atoms with Crippen LogP contribution in [-0.4, -0.2) is 36.0 Å². The number of hydrogen-bond acceptors (Lipinski definition) is 3. The Bertz CT molecular complexity index is 619. The van der Waals surface area contributed by atoms with Gasteiger partial charge in [-0.05, 0) is 36.4 Å². The highest BCUT2D eigenvalue weighted by Crippen LogP contribution is 2.16. The van der Waals surface area contributed by atoms with E-state index in [1.165, 1.54) is 6.20 Å².